The molecular weight excluding hydrogens is 250 g/mol. The van der Waals surface area contributed by atoms with Crippen LogP contribution in [0.1, 0.15) is 46.5 Å². The van der Waals surface area contributed by atoms with E-state index in [2.05, 4.69) is 0 Å². The van der Waals surface area contributed by atoms with Gasteiger partial charge >= 0.3 is 5.97 Å². The number of carbonyl (C=O) groups is 4. The summed E-state index contributed by atoms with van der Waals surface area (Å²) in [4.78, 5) is 50.4. The van der Waals surface area contributed by atoms with Crippen molar-refractivity contribution in [2.45, 2.75) is 46.5 Å². The maximum Gasteiger partial charge on any atom is 0.333 e. The van der Waals surface area contributed by atoms with Gasteiger partial charge in [-0.2, -0.15) is 0 Å². The van der Waals surface area contributed by atoms with Gasteiger partial charge in [0, 0.05) is 31.1 Å². The molecule has 0 aromatic rings. The van der Waals surface area contributed by atoms with Gasteiger partial charge in [0.05, 0.1) is 0 Å². The van der Waals surface area contributed by atoms with E-state index in [1.165, 1.54) is 0 Å². The standard InChI is InChI=1S/C13H19NO5/c1-8(2)10(15)5-4-6-12(17)19-14-11(16)7-9(3)13(14)18/h8-9H,4-7H2,1-3H3. The van der Waals surface area contributed by atoms with Crippen molar-refractivity contribution in [2.24, 2.45) is 11.8 Å². The van der Waals surface area contributed by atoms with E-state index in [-0.39, 0.29) is 24.5 Å². The molecule has 0 aliphatic carbocycles. The fraction of sp³-hybridized carbons (Fsp3) is 0.692. The molecule has 1 unspecified atom stereocenters. The quantitative estimate of drug-likeness (QED) is 0.677. The van der Waals surface area contributed by atoms with Crippen LogP contribution in [0, 0.1) is 11.8 Å². The molecule has 0 N–H and O–H groups in total. The Kier molecular flexibility index (Phi) is 5.20. The van der Waals surface area contributed by atoms with E-state index in [1.54, 1.807) is 20.8 Å². The number of hydroxylamine groups is 2. The Hall–Kier alpha value is -1.72. The number of nitrogens with zero attached hydrogens (tertiary/aromatic N) is 1. The van der Waals surface area contributed by atoms with Gasteiger partial charge in [-0.05, 0) is 6.42 Å². The van der Waals surface area contributed by atoms with Crippen molar-refractivity contribution in [3.63, 3.8) is 0 Å². The van der Waals surface area contributed by atoms with E-state index in [0.717, 1.165) is 0 Å². The Bertz CT molecular complexity index is 402. The molecule has 106 valence electrons. The van der Waals surface area contributed by atoms with Crippen LogP contribution in [0.2, 0.25) is 0 Å². The molecule has 0 saturated carbocycles. The lowest BCUT2D eigenvalue weighted by atomic mass is 10.0. The predicted molar refractivity (Wildman–Crippen MR) is 65.4 cm³/mol. The Morgan fingerprint density at radius 2 is 1.95 bits per heavy atom. The van der Waals surface area contributed by atoms with Gasteiger partial charge in [0.25, 0.3) is 11.8 Å². The first-order valence-corrected chi connectivity index (χ1v) is 6.43. The summed E-state index contributed by atoms with van der Waals surface area (Å²) in [6, 6.07) is 0. The summed E-state index contributed by atoms with van der Waals surface area (Å²) < 4.78 is 0. The summed E-state index contributed by atoms with van der Waals surface area (Å²) in [5.41, 5.74) is 0. The minimum absolute atomic E-state index is 0.0178. The van der Waals surface area contributed by atoms with Gasteiger partial charge in [-0.25, -0.2) is 4.79 Å². The molecule has 1 fully saturated rings. The first kappa shape index (κ1) is 15.3. The molecule has 1 heterocycles. The molecule has 0 aromatic carbocycles. The average Bonchev–Trinajstić information content (AvgIpc) is 2.55. The van der Waals surface area contributed by atoms with Crippen molar-refractivity contribution in [3.05, 3.63) is 0 Å². The number of Topliss-reactive ketones (excluding diaryl/α,β-unsaturated/α-hetero) is 1. The summed E-state index contributed by atoms with van der Waals surface area (Å²) in [5, 5.41) is 0.539. The fourth-order valence-electron chi connectivity index (χ4n) is 1.69. The SMILES string of the molecule is CC(C)C(=O)CCCC(=O)ON1C(=O)CC(C)C1=O. The molecule has 6 nitrogen and oxygen atoms in total. The van der Waals surface area contributed by atoms with Gasteiger partial charge in [-0.15, -0.1) is 5.06 Å². The largest absolute Gasteiger partial charge is 0.333 e. The second-order valence-corrected chi connectivity index (χ2v) is 5.07. The minimum atomic E-state index is -0.660. The van der Waals surface area contributed by atoms with Gasteiger partial charge in [0.1, 0.15) is 5.78 Å². The van der Waals surface area contributed by atoms with Crippen LogP contribution in [-0.4, -0.2) is 28.6 Å². The molecule has 0 radical (unpaired) electrons. The molecule has 1 rings (SSSR count). The van der Waals surface area contributed by atoms with Gasteiger partial charge in [0.15, 0.2) is 0 Å². The highest BCUT2D eigenvalue weighted by Gasteiger charge is 2.38. The zero-order chi connectivity index (χ0) is 14.6. The van der Waals surface area contributed by atoms with Crippen LogP contribution in [-0.2, 0) is 24.0 Å². The van der Waals surface area contributed by atoms with Crippen LogP contribution < -0.4 is 0 Å². The highest BCUT2D eigenvalue weighted by molar-refractivity contribution is 6.02. The average molecular weight is 269 g/mol. The smallest absolute Gasteiger partial charge is 0.330 e. The van der Waals surface area contributed by atoms with Gasteiger partial charge < -0.3 is 4.84 Å². The lowest BCUT2D eigenvalue weighted by Crippen LogP contribution is -2.33. The van der Waals surface area contributed by atoms with E-state index in [0.29, 0.717) is 17.9 Å². The third-order valence-corrected chi connectivity index (χ3v) is 2.97. The normalized spacial score (nSPS) is 19.2. The number of hydrogen-bond donors (Lipinski definition) is 0. The topological polar surface area (TPSA) is 80.8 Å². The highest BCUT2D eigenvalue weighted by Crippen LogP contribution is 2.19. The first-order chi connectivity index (χ1) is 8.82. The number of rotatable bonds is 6. The van der Waals surface area contributed by atoms with E-state index in [4.69, 9.17) is 4.84 Å². The van der Waals surface area contributed by atoms with Gasteiger partial charge in [-0.1, -0.05) is 20.8 Å². The van der Waals surface area contributed by atoms with Crippen molar-refractivity contribution in [1.29, 1.82) is 0 Å². The second kappa shape index (κ2) is 6.45. The predicted octanol–water partition coefficient (Wildman–Crippen LogP) is 1.23. The minimum Gasteiger partial charge on any atom is -0.330 e. The molecule has 1 aliphatic heterocycles. The second-order valence-electron chi connectivity index (χ2n) is 5.07. The molecular formula is C13H19NO5. The Morgan fingerprint density at radius 3 is 2.42 bits per heavy atom. The van der Waals surface area contributed by atoms with Crippen molar-refractivity contribution in [1.82, 2.24) is 5.06 Å². The molecule has 19 heavy (non-hydrogen) atoms. The van der Waals surface area contributed by atoms with Crippen LogP contribution >= 0.6 is 0 Å². The number of ketones is 1. The molecule has 1 aliphatic rings. The summed E-state index contributed by atoms with van der Waals surface area (Å²) in [6.45, 7) is 5.20. The molecule has 1 atom stereocenters. The van der Waals surface area contributed by atoms with Crippen LogP contribution in [0.15, 0.2) is 0 Å². The molecule has 0 bridgehead atoms. The Morgan fingerprint density at radius 1 is 1.32 bits per heavy atom. The zero-order valence-electron chi connectivity index (χ0n) is 11.5. The number of hydrogen-bond acceptors (Lipinski definition) is 5. The maximum absolute atomic E-state index is 11.5. The van der Waals surface area contributed by atoms with Gasteiger partial charge in [-0.3, -0.25) is 14.4 Å². The number of carbonyl (C=O) groups excluding carboxylic acids is 4. The van der Waals surface area contributed by atoms with Gasteiger partial charge in [0.2, 0.25) is 0 Å². The first-order valence-electron chi connectivity index (χ1n) is 6.43. The molecule has 0 spiro atoms. The molecule has 1 saturated heterocycles. The molecule has 0 aromatic heterocycles. The summed E-state index contributed by atoms with van der Waals surface area (Å²) in [5.74, 6) is -2.07. The molecule has 2 amide bonds. The van der Waals surface area contributed by atoms with Crippen molar-refractivity contribution in [3.8, 4) is 0 Å². The van der Waals surface area contributed by atoms with Crippen LogP contribution in [0.25, 0.3) is 0 Å². The maximum atomic E-state index is 11.5. The Labute approximate surface area is 112 Å². The summed E-state index contributed by atoms with van der Waals surface area (Å²) in [6.07, 6.45) is 0.745. The van der Waals surface area contributed by atoms with Crippen LogP contribution in [0.5, 0.6) is 0 Å². The monoisotopic (exact) mass is 269 g/mol. The lowest BCUT2D eigenvalue weighted by molar-refractivity contribution is -0.198. The Balaban J connectivity index is 2.34. The van der Waals surface area contributed by atoms with E-state index >= 15 is 0 Å². The van der Waals surface area contributed by atoms with Crippen LogP contribution in [0.3, 0.4) is 0 Å². The third kappa shape index (κ3) is 4.15. The van der Waals surface area contributed by atoms with Crippen molar-refractivity contribution in [2.75, 3.05) is 0 Å². The number of amides is 2. The zero-order valence-corrected chi connectivity index (χ0v) is 11.5. The summed E-state index contributed by atoms with van der Waals surface area (Å²) >= 11 is 0. The molecule has 6 heteroatoms. The number of imide groups is 1. The van der Waals surface area contributed by atoms with E-state index in [9.17, 15) is 19.2 Å². The van der Waals surface area contributed by atoms with Crippen molar-refractivity contribution < 1.29 is 24.0 Å². The summed E-state index contributed by atoms with van der Waals surface area (Å²) in [7, 11) is 0. The third-order valence-electron chi connectivity index (χ3n) is 2.97. The lowest BCUT2D eigenvalue weighted by Gasteiger charge is -2.13. The fourth-order valence-corrected chi connectivity index (χ4v) is 1.69. The van der Waals surface area contributed by atoms with E-state index < -0.39 is 23.7 Å². The van der Waals surface area contributed by atoms with Crippen molar-refractivity contribution >= 4 is 23.6 Å². The van der Waals surface area contributed by atoms with Crippen LogP contribution in [0.4, 0.5) is 0 Å². The highest BCUT2D eigenvalue weighted by atomic mass is 16.7. The van der Waals surface area contributed by atoms with E-state index in [1.807, 2.05) is 0 Å².